The molecule has 0 radical (unpaired) electrons. The van der Waals surface area contributed by atoms with Crippen LogP contribution in [0.5, 0.6) is 0 Å². The number of nitrogens with zero attached hydrogens (tertiary/aromatic N) is 2. The molecule has 0 saturated carbocycles. The lowest BCUT2D eigenvalue weighted by Gasteiger charge is -2.29. The summed E-state index contributed by atoms with van der Waals surface area (Å²) in [6.07, 6.45) is 4.71. The summed E-state index contributed by atoms with van der Waals surface area (Å²) in [4.78, 5) is 57.6. The van der Waals surface area contributed by atoms with Crippen molar-refractivity contribution in [1.29, 1.82) is 0 Å². The summed E-state index contributed by atoms with van der Waals surface area (Å²) >= 11 is 0. The van der Waals surface area contributed by atoms with Crippen LogP contribution < -0.4 is 16.4 Å². The van der Waals surface area contributed by atoms with Crippen LogP contribution >= 0.6 is 0 Å². The van der Waals surface area contributed by atoms with Crippen molar-refractivity contribution in [2.24, 2.45) is 11.7 Å². The fourth-order valence-electron chi connectivity index (χ4n) is 3.52. The average molecular weight is 437 g/mol. The Morgan fingerprint density at radius 1 is 1.32 bits per heavy atom. The number of aromatic amines is 1. The van der Waals surface area contributed by atoms with E-state index in [4.69, 9.17) is 5.73 Å². The maximum atomic E-state index is 12.9. The Bertz CT molecular complexity index is 783. The molecule has 1 aliphatic heterocycles. The van der Waals surface area contributed by atoms with Crippen molar-refractivity contribution in [2.75, 3.05) is 6.54 Å². The third-order valence-electron chi connectivity index (χ3n) is 5.72. The van der Waals surface area contributed by atoms with E-state index in [0.29, 0.717) is 25.1 Å². The first-order chi connectivity index (χ1) is 14.6. The molecule has 172 valence electrons. The summed E-state index contributed by atoms with van der Waals surface area (Å²) in [6, 6.07) is -3.53. The second-order valence-electron chi connectivity index (χ2n) is 8.01. The number of carbonyl (C=O) groups excluding carboxylic acids is 3. The van der Waals surface area contributed by atoms with Gasteiger partial charge in [-0.1, -0.05) is 20.3 Å². The van der Waals surface area contributed by atoms with E-state index < -0.39 is 47.9 Å². The molecule has 11 heteroatoms. The Kier molecular flexibility index (Phi) is 8.55. The number of nitrogens with one attached hydrogen (secondary N) is 3. The van der Waals surface area contributed by atoms with Crippen LogP contribution in [0.4, 0.5) is 0 Å². The molecule has 0 bridgehead atoms. The molecule has 1 saturated heterocycles. The number of hydrogen-bond donors (Lipinski definition) is 5. The van der Waals surface area contributed by atoms with Gasteiger partial charge in [0.1, 0.15) is 18.1 Å². The van der Waals surface area contributed by atoms with Gasteiger partial charge in [-0.2, -0.15) is 0 Å². The molecule has 5 atom stereocenters. The Balaban J connectivity index is 2.00. The minimum absolute atomic E-state index is 0.0320. The topological polar surface area (TPSA) is 171 Å². The predicted octanol–water partition coefficient (Wildman–Crippen LogP) is -0.609. The van der Waals surface area contributed by atoms with Gasteiger partial charge in [-0.25, -0.2) is 9.78 Å². The summed E-state index contributed by atoms with van der Waals surface area (Å²) in [5, 5.41) is 14.6. The standard InChI is InChI=1S/C20H32N6O5/c1-4-11(2)16(21)18(28)24-12(3)19(29)26-7-5-6-15(26)17(27)25-14(20(30)31)8-13-9-22-10-23-13/h9-12,14-16H,4-8,21H2,1-3H3,(H,22,23)(H,24,28)(H,25,27)(H,30,31). The number of carbonyl (C=O) groups is 4. The van der Waals surface area contributed by atoms with E-state index in [2.05, 4.69) is 20.6 Å². The van der Waals surface area contributed by atoms with Crippen LogP contribution in [0, 0.1) is 5.92 Å². The van der Waals surface area contributed by atoms with Crippen molar-refractivity contribution in [2.45, 2.75) is 70.6 Å². The van der Waals surface area contributed by atoms with Crippen molar-refractivity contribution in [3.8, 4) is 0 Å². The van der Waals surface area contributed by atoms with Crippen molar-refractivity contribution >= 4 is 23.7 Å². The number of H-pyrrole nitrogens is 1. The molecule has 31 heavy (non-hydrogen) atoms. The van der Waals surface area contributed by atoms with Crippen LogP contribution in [-0.2, 0) is 25.6 Å². The summed E-state index contributed by atoms with van der Waals surface area (Å²) in [6.45, 7) is 5.69. The molecule has 2 heterocycles. The number of carboxylic acid groups (broad SMARTS) is 1. The highest BCUT2D eigenvalue weighted by Crippen LogP contribution is 2.19. The van der Waals surface area contributed by atoms with E-state index in [1.54, 1.807) is 6.92 Å². The molecule has 5 unspecified atom stereocenters. The highest BCUT2D eigenvalue weighted by molar-refractivity contribution is 5.94. The Morgan fingerprint density at radius 3 is 2.61 bits per heavy atom. The average Bonchev–Trinajstić information content (AvgIpc) is 3.43. The van der Waals surface area contributed by atoms with Gasteiger partial charge < -0.3 is 31.4 Å². The number of nitrogens with two attached hydrogens (primary N) is 1. The molecule has 2 rings (SSSR count). The minimum Gasteiger partial charge on any atom is -0.480 e. The zero-order valence-electron chi connectivity index (χ0n) is 18.1. The second kappa shape index (κ2) is 10.9. The van der Waals surface area contributed by atoms with E-state index in [1.165, 1.54) is 17.4 Å². The van der Waals surface area contributed by atoms with Gasteiger partial charge in [0.2, 0.25) is 17.7 Å². The summed E-state index contributed by atoms with van der Waals surface area (Å²) in [5.74, 6) is -2.56. The fourth-order valence-corrected chi connectivity index (χ4v) is 3.52. The van der Waals surface area contributed by atoms with E-state index in [0.717, 1.165) is 6.42 Å². The molecule has 6 N–H and O–H groups in total. The molecule has 1 aliphatic rings. The zero-order chi connectivity index (χ0) is 23.1. The molecule has 1 aromatic heterocycles. The van der Waals surface area contributed by atoms with Gasteiger partial charge in [-0.15, -0.1) is 0 Å². The number of amides is 3. The van der Waals surface area contributed by atoms with Gasteiger partial charge in [0.15, 0.2) is 0 Å². The first-order valence-electron chi connectivity index (χ1n) is 10.5. The molecular weight excluding hydrogens is 404 g/mol. The minimum atomic E-state index is -1.18. The first-order valence-corrected chi connectivity index (χ1v) is 10.5. The van der Waals surface area contributed by atoms with Gasteiger partial charge in [0, 0.05) is 24.9 Å². The monoisotopic (exact) mass is 436 g/mol. The molecule has 3 amide bonds. The van der Waals surface area contributed by atoms with Gasteiger partial charge in [0.25, 0.3) is 0 Å². The molecule has 1 fully saturated rings. The lowest BCUT2D eigenvalue weighted by atomic mass is 9.99. The van der Waals surface area contributed by atoms with Gasteiger partial charge in [-0.3, -0.25) is 14.4 Å². The van der Waals surface area contributed by atoms with Gasteiger partial charge >= 0.3 is 5.97 Å². The van der Waals surface area contributed by atoms with E-state index in [-0.39, 0.29) is 12.3 Å². The third kappa shape index (κ3) is 6.27. The van der Waals surface area contributed by atoms with E-state index >= 15 is 0 Å². The van der Waals surface area contributed by atoms with Crippen molar-refractivity contribution in [3.63, 3.8) is 0 Å². The molecule has 1 aromatic rings. The van der Waals surface area contributed by atoms with Gasteiger partial charge in [-0.05, 0) is 25.7 Å². The van der Waals surface area contributed by atoms with Crippen LogP contribution in [0.1, 0.15) is 45.7 Å². The van der Waals surface area contributed by atoms with Crippen LogP contribution in [0.25, 0.3) is 0 Å². The maximum Gasteiger partial charge on any atom is 0.326 e. The van der Waals surface area contributed by atoms with Crippen molar-refractivity contribution in [1.82, 2.24) is 25.5 Å². The Hall–Kier alpha value is -2.95. The number of rotatable bonds is 10. The van der Waals surface area contributed by atoms with Crippen molar-refractivity contribution in [3.05, 3.63) is 18.2 Å². The first kappa shape index (κ1) is 24.3. The number of carboxylic acids is 1. The summed E-state index contributed by atoms with van der Waals surface area (Å²) in [7, 11) is 0. The molecule has 0 aromatic carbocycles. The Morgan fingerprint density at radius 2 is 2.03 bits per heavy atom. The number of likely N-dealkylation sites (tertiary alicyclic amines) is 1. The van der Waals surface area contributed by atoms with Crippen LogP contribution in [0.15, 0.2) is 12.5 Å². The van der Waals surface area contributed by atoms with Crippen molar-refractivity contribution < 1.29 is 24.3 Å². The molecule has 0 spiro atoms. The smallest absolute Gasteiger partial charge is 0.326 e. The van der Waals surface area contributed by atoms with E-state index in [9.17, 15) is 24.3 Å². The third-order valence-corrected chi connectivity index (χ3v) is 5.72. The van der Waals surface area contributed by atoms with Crippen LogP contribution in [-0.4, -0.2) is 74.4 Å². The van der Waals surface area contributed by atoms with Crippen LogP contribution in [0.3, 0.4) is 0 Å². The Labute approximate surface area is 181 Å². The predicted molar refractivity (Wildman–Crippen MR) is 112 cm³/mol. The summed E-state index contributed by atoms with van der Waals surface area (Å²) < 4.78 is 0. The second-order valence-corrected chi connectivity index (χ2v) is 8.01. The lowest BCUT2D eigenvalue weighted by Crippen LogP contribution is -2.56. The summed E-state index contributed by atoms with van der Waals surface area (Å²) in [5.41, 5.74) is 6.49. The number of hydrogen-bond acceptors (Lipinski definition) is 6. The maximum absolute atomic E-state index is 12.9. The van der Waals surface area contributed by atoms with Crippen LogP contribution in [0.2, 0.25) is 0 Å². The SMILES string of the molecule is CCC(C)C(N)C(=O)NC(C)C(=O)N1CCCC1C(=O)NC(Cc1cnc[nH]1)C(=O)O. The largest absolute Gasteiger partial charge is 0.480 e. The van der Waals surface area contributed by atoms with E-state index in [1.807, 2.05) is 13.8 Å². The number of imidazole rings is 1. The zero-order valence-corrected chi connectivity index (χ0v) is 18.1. The normalized spacial score (nSPS) is 19.9. The lowest BCUT2D eigenvalue weighted by molar-refractivity contribution is -0.144. The number of aliphatic carboxylic acids is 1. The highest BCUT2D eigenvalue weighted by Gasteiger charge is 2.38. The highest BCUT2D eigenvalue weighted by atomic mass is 16.4. The molecule has 11 nitrogen and oxygen atoms in total. The molecular formula is C20H32N6O5. The van der Waals surface area contributed by atoms with Gasteiger partial charge in [0.05, 0.1) is 12.4 Å². The number of aromatic nitrogens is 2. The quantitative estimate of drug-likeness (QED) is 0.326. The molecule has 0 aliphatic carbocycles. The fraction of sp³-hybridized carbons (Fsp3) is 0.650.